The number of esters is 2. The summed E-state index contributed by atoms with van der Waals surface area (Å²) in [5.41, 5.74) is 9.47. The van der Waals surface area contributed by atoms with E-state index in [0.717, 1.165) is 44.5 Å². The van der Waals surface area contributed by atoms with Crippen LogP contribution in [-0.2, 0) is 44.7 Å². The molecule has 344 valence electrons. The molecular weight excluding hydrogens is 849 g/mol. The molecule has 0 spiro atoms. The molecule has 0 saturated carbocycles. The summed E-state index contributed by atoms with van der Waals surface area (Å²) in [7, 11) is 0. The van der Waals surface area contributed by atoms with Crippen LogP contribution in [0.4, 0.5) is 0 Å². The van der Waals surface area contributed by atoms with Crippen molar-refractivity contribution in [1.82, 2.24) is 19.9 Å². The highest BCUT2D eigenvalue weighted by Gasteiger charge is 2.28. The average Bonchev–Trinajstić information content (AvgIpc) is 3.36. The van der Waals surface area contributed by atoms with E-state index >= 15 is 0 Å². The molecule has 2 aromatic heterocycles. The molecule has 0 radical (unpaired) electrons. The van der Waals surface area contributed by atoms with Gasteiger partial charge in [0.15, 0.2) is 0 Å². The number of nitrogens with one attached hydrogen (secondary N) is 2. The van der Waals surface area contributed by atoms with E-state index in [9.17, 15) is 19.2 Å². The number of benzene rings is 6. The molecule has 0 saturated heterocycles. The van der Waals surface area contributed by atoms with E-state index in [2.05, 4.69) is 9.97 Å². The zero-order valence-corrected chi connectivity index (χ0v) is 38.9. The molecule has 0 fully saturated rings. The van der Waals surface area contributed by atoms with E-state index in [0.29, 0.717) is 73.1 Å². The minimum Gasteiger partial charge on any atom is -0.466 e. The molecule has 0 aliphatic heterocycles. The number of hydrogen-bond donors (Lipinski definition) is 2. The Hall–Kier alpha value is -7.98. The van der Waals surface area contributed by atoms with Gasteiger partial charge in [-0.1, -0.05) is 170 Å². The molecule has 2 atom stereocenters. The fraction of sp³-hybridized carbons (Fsp3) is 0.207. The van der Waals surface area contributed by atoms with Gasteiger partial charge in [-0.2, -0.15) is 0 Å². The second-order valence-electron chi connectivity index (χ2n) is 16.4. The van der Waals surface area contributed by atoms with Crippen molar-refractivity contribution in [2.45, 2.75) is 65.2 Å². The zero-order valence-electron chi connectivity index (χ0n) is 38.9. The predicted octanol–water partition coefficient (Wildman–Crippen LogP) is 10.5. The van der Waals surface area contributed by atoms with Crippen LogP contribution in [0.2, 0.25) is 0 Å². The van der Waals surface area contributed by atoms with Crippen LogP contribution >= 0.6 is 0 Å². The first-order chi connectivity index (χ1) is 33.1. The Labute approximate surface area is 397 Å². The molecule has 0 unspecified atom stereocenters. The third-order valence-electron chi connectivity index (χ3n) is 11.8. The van der Waals surface area contributed by atoms with Crippen LogP contribution in [0.15, 0.2) is 179 Å². The van der Waals surface area contributed by atoms with Crippen molar-refractivity contribution in [2.75, 3.05) is 13.2 Å². The van der Waals surface area contributed by atoms with Gasteiger partial charge in [-0.3, -0.25) is 19.2 Å². The Morgan fingerprint density at radius 2 is 0.765 bits per heavy atom. The van der Waals surface area contributed by atoms with E-state index in [4.69, 9.17) is 19.4 Å². The summed E-state index contributed by atoms with van der Waals surface area (Å²) in [6.07, 6.45) is 2.00. The van der Waals surface area contributed by atoms with Crippen LogP contribution in [0.5, 0.6) is 0 Å². The first-order valence-electron chi connectivity index (χ1n) is 23.0. The number of aryl methyl sites for hydroxylation is 2. The van der Waals surface area contributed by atoms with Gasteiger partial charge in [0.25, 0.3) is 11.1 Å². The smallest absolute Gasteiger partial charge is 0.313 e. The molecule has 8 aromatic rings. The number of H-pyrrole nitrogens is 2. The van der Waals surface area contributed by atoms with Crippen LogP contribution in [0.3, 0.4) is 0 Å². The Balaban J connectivity index is 0.000000201. The van der Waals surface area contributed by atoms with E-state index < -0.39 is 11.8 Å². The van der Waals surface area contributed by atoms with Crippen LogP contribution in [-0.4, -0.2) is 45.1 Å². The topological polar surface area (TPSA) is 144 Å². The summed E-state index contributed by atoms with van der Waals surface area (Å²) in [5.74, 6) is -0.715. The lowest BCUT2D eigenvalue weighted by Crippen LogP contribution is -2.21. The highest BCUT2D eigenvalue weighted by atomic mass is 16.5. The lowest BCUT2D eigenvalue weighted by Gasteiger charge is -2.19. The summed E-state index contributed by atoms with van der Waals surface area (Å²) in [6.45, 7) is 7.91. The quantitative estimate of drug-likeness (QED) is 0.0912. The van der Waals surface area contributed by atoms with Crippen molar-refractivity contribution in [3.05, 3.63) is 246 Å². The third kappa shape index (κ3) is 12.3. The van der Waals surface area contributed by atoms with Crippen molar-refractivity contribution in [2.24, 2.45) is 0 Å². The fourth-order valence-electron chi connectivity index (χ4n) is 8.35. The van der Waals surface area contributed by atoms with Crippen molar-refractivity contribution < 1.29 is 19.1 Å². The molecule has 0 aliphatic carbocycles. The summed E-state index contributed by atoms with van der Waals surface area (Å²) in [6, 6.07) is 54.6. The number of aromatic amines is 2. The summed E-state index contributed by atoms with van der Waals surface area (Å²) < 4.78 is 10.8. The first kappa shape index (κ1) is 48.0. The maximum atomic E-state index is 13.1. The van der Waals surface area contributed by atoms with E-state index in [1.165, 1.54) is 0 Å². The van der Waals surface area contributed by atoms with E-state index in [1.54, 1.807) is 13.8 Å². The number of carbonyl (C=O) groups excluding carboxylic acids is 2. The van der Waals surface area contributed by atoms with Gasteiger partial charge in [0.05, 0.1) is 25.0 Å². The largest absolute Gasteiger partial charge is 0.466 e. The normalized spacial score (nSPS) is 11.7. The maximum Gasteiger partial charge on any atom is 0.313 e. The Kier molecular flexibility index (Phi) is 16.6. The summed E-state index contributed by atoms with van der Waals surface area (Å²) in [5, 5.41) is 0. The van der Waals surface area contributed by atoms with Gasteiger partial charge >= 0.3 is 11.9 Å². The second kappa shape index (κ2) is 23.5. The molecule has 68 heavy (non-hydrogen) atoms. The fourth-order valence-corrected chi connectivity index (χ4v) is 8.35. The van der Waals surface area contributed by atoms with Crippen LogP contribution in [0.25, 0.3) is 22.8 Å². The average molecular weight is 905 g/mol. The lowest BCUT2D eigenvalue weighted by molar-refractivity contribution is -0.145. The molecule has 8 rings (SSSR count). The van der Waals surface area contributed by atoms with Crippen LogP contribution in [0.1, 0.15) is 81.6 Å². The molecule has 0 amide bonds. The van der Waals surface area contributed by atoms with Gasteiger partial charge < -0.3 is 19.4 Å². The molecule has 6 aromatic carbocycles. The molecule has 10 heteroatoms. The number of carbonyl (C=O) groups is 2. The molecule has 0 bridgehead atoms. The van der Waals surface area contributed by atoms with Crippen molar-refractivity contribution in [3.8, 4) is 22.8 Å². The Bertz CT molecular complexity index is 2840. The first-order valence-corrected chi connectivity index (χ1v) is 23.0. The highest BCUT2D eigenvalue weighted by Crippen LogP contribution is 2.33. The van der Waals surface area contributed by atoms with E-state index in [1.807, 2.05) is 184 Å². The van der Waals surface area contributed by atoms with Crippen molar-refractivity contribution >= 4 is 11.9 Å². The Morgan fingerprint density at radius 1 is 0.456 bits per heavy atom. The minimum absolute atomic E-state index is 0.170. The number of ether oxygens (including phenoxy) is 2. The number of aromatic nitrogens is 4. The SMILES string of the molecule is CCOC(=O)[C@@H](Cc1ccccc1)c1ccccc1-c1nc(C)c(Cc2ccccc2)c(=O)[nH]1.CCOC(=O)[C@H](Cc1ccccc1)c1ccccc1-c1nc(C)c(Cc2ccccc2)c(=O)[nH]1. The van der Waals surface area contributed by atoms with Crippen molar-refractivity contribution in [3.63, 3.8) is 0 Å². The monoisotopic (exact) mass is 904 g/mol. The van der Waals surface area contributed by atoms with Crippen LogP contribution < -0.4 is 11.1 Å². The second-order valence-corrected chi connectivity index (χ2v) is 16.4. The number of rotatable bonds is 16. The minimum atomic E-state index is -0.520. The lowest BCUT2D eigenvalue weighted by atomic mass is 9.88. The van der Waals surface area contributed by atoms with Gasteiger partial charge in [-0.25, -0.2) is 9.97 Å². The summed E-state index contributed by atoms with van der Waals surface area (Å²) in [4.78, 5) is 67.6. The van der Waals surface area contributed by atoms with Gasteiger partial charge in [-0.15, -0.1) is 0 Å². The van der Waals surface area contributed by atoms with Gasteiger partial charge in [0.1, 0.15) is 11.6 Å². The standard InChI is InChI=1S/2C29H28N2O3/c2*1-3-34-29(33)26(19-22-14-8-5-9-15-22)23-16-10-11-17-24(23)27-30-20(2)25(28(32)31-27)18-21-12-6-4-7-13-21/h2*4-17,26H,3,18-19H2,1-2H3,(H,30,31,32)/t2*26-/m10/s1. The van der Waals surface area contributed by atoms with Crippen LogP contribution in [0, 0.1) is 13.8 Å². The van der Waals surface area contributed by atoms with Gasteiger partial charge in [0, 0.05) is 46.5 Å². The molecular formula is C58H56N4O6. The predicted molar refractivity (Wildman–Crippen MR) is 268 cm³/mol. The van der Waals surface area contributed by atoms with Gasteiger partial charge in [-0.05, 0) is 73.9 Å². The zero-order chi connectivity index (χ0) is 47.8. The third-order valence-corrected chi connectivity index (χ3v) is 11.8. The van der Waals surface area contributed by atoms with Crippen molar-refractivity contribution in [1.29, 1.82) is 0 Å². The molecule has 0 aliphatic rings. The molecule has 10 nitrogen and oxygen atoms in total. The summed E-state index contributed by atoms with van der Waals surface area (Å²) >= 11 is 0. The van der Waals surface area contributed by atoms with E-state index in [-0.39, 0.29) is 23.1 Å². The molecule has 2 N–H and O–H groups in total. The maximum absolute atomic E-state index is 13.1. The number of nitrogens with zero attached hydrogens (tertiary/aromatic N) is 2. The highest BCUT2D eigenvalue weighted by molar-refractivity contribution is 5.83. The molecule has 2 heterocycles. The number of hydrogen-bond acceptors (Lipinski definition) is 8. The van der Waals surface area contributed by atoms with Gasteiger partial charge in [0.2, 0.25) is 0 Å². The Morgan fingerprint density at radius 3 is 1.09 bits per heavy atom.